The number of amides is 1. The molecular weight excluding hydrogens is 452 g/mol. The topological polar surface area (TPSA) is 101 Å². The Balaban J connectivity index is 2.17. The normalized spacial score (nSPS) is 10.5. The number of hydrogen-bond donors (Lipinski definition) is 1. The van der Waals surface area contributed by atoms with Crippen molar-refractivity contribution in [3.05, 3.63) is 70.0 Å². The summed E-state index contributed by atoms with van der Waals surface area (Å²) in [6.45, 7) is 4.50. The van der Waals surface area contributed by atoms with Crippen molar-refractivity contribution in [1.82, 2.24) is 4.98 Å². The van der Waals surface area contributed by atoms with E-state index in [0.717, 1.165) is 5.56 Å². The molecule has 3 rings (SSSR count). The minimum Gasteiger partial charge on any atom is -0.495 e. The molecule has 0 atom stereocenters. The van der Waals surface area contributed by atoms with Crippen LogP contribution in [0.5, 0.6) is 11.5 Å². The quantitative estimate of drug-likeness (QED) is 0.462. The van der Waals surface area contributed by atoms with Crippen molar-refractivity contribution in [3.8, 4) is 28.7 Å². The molecule has 0 aliphatic heterocycles. The summed E-state index contributed by atoms with van der Waals surface area (Å²) in [5.74, 6) is 0.599. The van der Waals surface area contributed by atoms with E-state index in [1.54, 1.807) is 51.5 Å². The lowest BCUT2D eigenvalue weighted by Gasteiger charge is -2.24. The molecule has 0 bridgehead atoms. The number of carbonyl (C=O) groups is 1. The average Bonchev–Trinajstić information content (AvgIpc) is 2.83. The van der Waals surface area contributed by atoms with E-state index in [-0.39, 0.29) is 5.91 Å². The van der Waals surface area contributed by atoms with E-state index in [1.807, 2.05) is 19.1 Å². The highest BCUT2D eigenvalue weighted by Gasteiger charge is 2.25. The van der Waals surface area contributed by atoms with Crippen LogP contribution in [0.1, 0.15) is 33.6 Å². The number of aromatic nitrogens is 1. The monoisotopic (exact) mass is 478 g/mol. The number of anilines is 1. The maximum atomic E-state index is 13.8. The highest BCUT2D eigenvalue weighted by molar-refractivity contribution is 6.34. The minimum absolute atomic E-state index is 0.300. The second-order valence-electron chi connectivity index (χ2n) is 7.79. The van der Waals surface area contributed by atoms with Gasteiger partial charge in [-0.25, -0.2) is 0 Å². The first-order chi connectivity index (χ1) is 16.3. The van der Waals surface area contributed by atoms with E-state index in [0.29, 0.717) is 69.7 Å². The molecule has 0 fully saturated rings. The molecule has 34 heavy (non-hydrogen) atoms. The van der Waals surface area contributed by atoms with Crippen LogP contribution >= 0.6 is 11.6 Å². The molecule has 7 nitrogen and oxygen atoms in total. The largest absolute Gasteiger partial charge is 0.495 e. The third-order valence-electron chi connectivity index (χ3n) is 5.42. The van der Waals surface area contributed by atoms with Crippen LogP contribution in [0, 0.1) is 25.2 Å². The van der Waals surface area contributed by atoms with Crippen molar-refractivity contribution in [2.24, 2.45) is 5.73 Å². The van der Waals surface area contributed by atoms with Gasteiger partial charge in [0, 0.05) is 36.1 Å². The standard InChI is InChI=1S/C26H27ClN4O3/c1-16-7-5-8-23(33-4)25(16)31(3)26(32)20-12-19(21-15-30-17(2)11-18(21)14-29)22(27)13-24(20)34-10-6-9-28/h5,7-8,11-13,15H,6,9-10,28H2,1-4H3. The zero-order chi connectivity index (χ0) is 24.8. The Kier molecular flexibility index (Phi) is 8.11. The molecule has 1 amide bonds. The molecule has 1 heterocycles. The highest BCUT2D eigenvalue weighted by Crippen LogP contribution is 2.38. The van der Waals surface area contributed by atoms with Gasteiger partial charge in [0.05, 0.1) is 41.6 Å². The molecule has 1 aromatic heterocycles. The Morgan fingerprint density at radius 1 is 1.21 bits per heavy atom. The van der Waals surface area contributed by atoms with Gasteiger partial charge in [-0.2, -0.15) is 5.26 Å². The zero-order valence-electron chi connectivity index (χ0n) is 19.7. The van der Waals surface area contributed by atoms with E-state index >= 15 is 0 Å². The number of hydrogen-bond acceptors (Lipinski definition) is 6. The van der Waals surface area contributed by atoms with Crippen molar-refractivity contribution in [1.29, 1.82) is 5.26 Å². The van der Waals surface area contributed by atoms with Crippen LogP contribution in [0.25, 0.3) is 11.1 Å². The molecule has 0 aliphatic rings. The number of para-hydroxylation sites is 1. The lowest BCUT2D eigenvalue weighted by atomic mass is 9.98. The van der Waals surface area contributed by atoms with Gasteiger partial charge in [0.15, 0.2) is 0 Å². The van der Waals surface area contributed by atoms with E-state index < -0.39 is 0 Å². The predicted octanol–water partition coefficient (Wildman–Crippen LogP) is 4.90. The number of nitriles is 1. The van der Waals surface area contributed by atoms with Crippen LogP contribution in [0.15, 0.2) is 42.6 Å². The fourth-order valence-corrected chi connectivity index (χ4v) is 3.94. The van der Waals surface area contributed by atoms with E-state index in [1.165, 1.54) is 4.90 Å². The van der Waals surface area contributed by atoms with Gasteiger partial charge in [0.25, 0.3) is 5.91 Å². The molecule has 2 N–H and O–H groups in total. The van der Waals surface area contributed by atoms with Gasteiger partial charge in [0.2, 0.25) is 0 Å². The molecule has 176 valence electrons. The van der Waals surface area contributed by atoms with Crippen LogP contribution in [-0.2, 0) is 0 Å². The number of carbonyl (C=O) groups excluding carboxylic acids is 1. The van der Waals surface area contributed by atoms with Crippen molar-refractivity contribution in [2.75, 3.05) is 32.2 Å². The molecule has 8 heteroatoms. The smallest absolute Gasteiger partial charge is 0.261 e. The molecule has 0 saturated carbocycles. The summed E-state index contributed by atoms with van der Waals surface area (Å²) >= 11 is 6.60. The third kappa shape index (κ3) is 5.14. The van der Waals surface area contributed by atoms with Gasteiger partial charge >= 0.3 is 0 Å². The first-order valence-corrected chi connectivity index (χ1v) is 11.1. The summed E-state index contributed by atoms with van der Waals surface area (Å²) in [6, 6.07) is 12.7. The SMILES string of the molecule is COc1cccc(C)c1N(C)C(=O)c1cc(-c2cnc(C)cc2C#N)c(Cl)cc1OCCCN. The van der Waals surface area contributed by atoms with Crippen LogP contribution in [-0.4, -0.2) is 38.2 Å². The summed E-state index contributed by atoms with van der Waals surface area (Å²) in [7, 11) is 3.24. The first-order valence-electron chi connectivity index (χ1n) is 10.8. The Morgan fingerprint density at radius 2 is 1.97 bits per heavy atom. The van der Waals surface area contributed by atoms with E-state index in [9.17, 15) is 10.1 Å². The number of ether oxygens (including phenoxy) is 2. The number of benzene rings is 2. The van der Waals surface area contributed by atoms with Gasteiger partial charge in [-0.1, -0.05) is 23.7 Å². The molecule has 3 aromatic rings. The second kappa shape index (κ2) is 11.0. The molecule has 0 spiro atoms. The van der Waals surface area contributed by atoms with Crippen molar-refractivity contribution in [3.63, 3.8) is 0 Å². The Morgan fingerprint density at radius 3 is 2.65 bits per heavy atom. The summed E-state index contributed by atoms with van der Waals surface area (Å²) in [4.78, 5) is 19.6. The summed E-state index contributed by atoms with van der Waals surface area (Å²) in [5, 5.41) is 10.00. The molecule has 0 aliphatic carbocycles. The van der Waals surface area contributed by atoms with Gasteiger partial charge in [-0.15, -0.1) is 0 Å². The molecular formula is C26H27ClN4O3. The maximum absolute atomic E-state index is 13.8. The lowest BCUT2D eigenvalue weighted by molar-refractivity contribution is 0.0988. The number of methoxy groups -OCH3 is 1. The number of halogens is 1. The molecule has 0 saturated heterocycles. The van der Waals surface area contributed by atoms with Gasteiger partial charge in [0.1, 0.15) is 11.5 Å². The number of aryl methyl sites for hydroxylation is 2. The average molecular weight is 479 g/mol. The van der Waals surface area contributed by atoms with Crippen molar-refractivity contribution >= 4 is 23.2 Å². The van der Waals surface area contributed by atoms with Crippen LogP contribution in [0.4, 0.5) is 5.69 Å². The number of nitrogens with zero attached hydrogens (tertiary/aromatic N) is 3. The fraction of sp³-hybridized carbons (Fsp3) is 0.269. The van der Waals surface area contributed by atoms with Crippen molar-refractivity contribution in [2.45, 2.75) is 20.3 Å². The zero-order valence-corrected chi connectivity index (χ0v) is 20.4. The first kappa shape index (κ1) is 25.0. The van der Waals surface area contributed by atoms with Gasteiger partial charge < -0.3 is 20.1 Å². The van der Waals surface area contributed by atoms with Crippen LogP contribution in [0.2, 0.25) is 5.02 Å². The molecule has 0 radical (unpaired) electrons. The summed E-state index contributed by atoms with van der Waals surface area (Å²) < 4.78 is 11.4. The van der Waals surface area contributed by atoms with Crippen LogP contribution < -0.4 is 20.1 Å². The predicted molar refractivity (Wildman–Crippen MR) is 134 cm³/mol. The Labute approximate surface area is 204 Å². The van der Waals surface area contributed by atoms with E-state index in [4.69, 9.17) is 26.8 Å². The summed E-state index contributed by atoms with van der Waals surface area (Å²) in [5.41, 5.74) is 9.61. The van der Waals surface area contributed by atoms with Gasteiger partial charge in [-0.05, 0) is 50.6 Å². The molecule has 0 unspecified atom stereocenters. The molecule has 2 aromatic carbocycles. The number of pyridine rings is 1. The maximum Gasteiger partial charge on any atom is 0.261 e. The van der Waals surface area contributed by atoms with Gasteiger partial charge in [-0.3, -0.25) is 9.78 Å². The van der Waals surface area contributed by atoms with Crippen LogP contribution in [0.3, 0.4) is 0 Å². The third-order valence-corrected chi connectivity index (χ3v) is 5.73. The summed E-state index contributed by atoms with van der Waals surface area (Å²) in [6.07, 6.45) is 2.21. The van der Waals surface area contributed by atoms with Crippen molar-refractivity contribution < 1.29 is 14.3 Å². The number of rotatable bonds is 8. The Hall–Kier alpha value is -3.60. The fourth-order valence-electron chi connectivity index (χ4n) is 3.69. The minimum atomic E-state index is -0.313. The van der Waals surface area contributed by atoms with E-state index in [2.05, 4.69) is 11.1 Å². The number of nitrogens with two attached hydrogens (primary N) is 1. The second-order valence-corrected chi connectivity index (χ2v) is 8.20. The Bertz CT molecular complexity index is 1250. The highest BCUT2D eigenvalue weighted by atomic mass is 35.5. The lowest BCUT2D eigenvalue weighted by Crippen LogP contribution is -2.28.